The Bertz CT molecular complexity index is 961. The summed E-state index contributed by atoms with van der Waals surface area (Å²) in [6.07, 6.45) is 2.53. The zero-order valence-electron chi connectivity index (χ0n) is 17.4. The van der Waals surface area contributed by atoms with Gasteiger partial charge in [0.25, 0.3) is 5.91 Å². The van der Waals surface area contributed by atoms with E-state index in [2.05, 4.69) is 15.4 Å². The van der Waals surface area contributed by atoms with Crippen LogP contribution in [-0.2, 0) is 0 Å². The quantitative estimate of drug-likeness (QED) is 0.780. The van der Waals surface area contributed by atoms with Crippen LogP contribution in [0.5, 0.6) is 0 Å². The first kappa shape index (κ1) is 20.3. The van der Waals surface area contributed by atoms with E-state index in [1.165, 1.54) is 11.6 Å². The lowest BCUT2D eigenvalue weighted by Gasteiger charge is -2.36. The van der Waals surface area contributed by atoms with Gasteiger partial charge in [-0.3, -0.25) is 9.78 Å². The average Bonchev–Trinajstić information content (AvgIpc) is 3.37. The summed E-state index contributed by atoms with van der Waals surface area (Å²) < 4.78 is 42.3. The Morgan fingerprint density at radius 1 is 1.19 bits per heavy atom. The molecule has 2 unspecified atom stereocenters. The van der Waals surface area contributed by atoms with Crippen molar-refractivity contribution in [3.8, 4) is 0 Å². The molecule has 166 valence electrons. The van der Waals surface area contributed by atoms with Crippen LogP contribution in [0.1, 0.15) is 67.0 Å². The summed E-state index contributed by atoms with van der Waals surface area (Å²) in [5.41, 5.74) is 1.18. The number of nitrogens with zero attached hydrogens (tertiary/aromatic N) is 4. The summed E-state index contributed by atoms with van der Waals surface area (Å²) >= 11 is 0. The fourth-order valence-corrected chi connectivity index (χ4v) is 4.90. The second-order valence-corrected chi connectivity index (χ2v) is 9.35. The molecule has 1 amide bonds. The van der Waals surface area contributed by atoms with Crippen molar-refractivity contribution in [2.24, 2.45) is 5.41 Å². The van der Waals surface area contributed by atoms with Crippen molar-refractivity contribution in [1.29, 1.82) is 0 Å². The number of fused-ring (bicyclic) bond motifs is 1. The van der Waals surface area contributed by atoms with Crippen molar-refractivity contribution in [3.63, 3.8) is 0 Å². The number of hydrogen-bond donors (Lipinski definition) is 1. The van der Waals surface area contributed by atoms with Gasteiger partial charge in [-0.15, -0.1) is 0 Å². The molecule has 2 atom stereocenters. The molecule has 2 aromatic heterocycles. The van der Waals surface area contributed by atoms with E-state index in [9.17, 15) is 18.0 Å². The van der Waals surface area contributed by atoms with Crippen LogP contribution in [0.2, 0.25) is 0 Å². The summed E-state index contributed by atoms with van der Waals surface area (Å²) in [5.74, 6) is 0.354. The van der Waals surface area contributed by atoms with E-state index in [0.29, 0.717) is 24.8 Å². The van der Waals surface area contributed by atoms with Gasteiger partial charge in [0.05, 0.1) is 0 Å². The third kappa shape index (κ3) is 3.78. The van der Waals surface area contributed by atoms with Gasteiger partial charge >= 0.3 is 6.18 Å². The highest BCUT2D eigenvalue weighted by molar-refractivity contribution is 5.93. The molecule has 0 radical (unpaired) electrons. The number of halogens is 3. The van der Waals surface area contributed by atoms with E-state index >= 15 is 0 Å². The summed E-state index contributed by atoms with van der Waals surface area (Å²) in [6, 6.07) is 3.51. The lowest BCUT2D eigenvalue weighted by Crippen LogP contribution is -2.42. The number of pyridine rings is 1. The van der Waals surface area contributed by atoms with Crippen LogP contribution in [0.15, 0.2) is 30.6 Å². The van der Waals surface area contributed by atoms with Gasteiger partial charge in [-0.1, -0.05) is 6.92 Å². The Hall–Kier alpha value is -2.58. The van der Waals surface area contributed by atoms with Gasteiger partial charge in [0, 0.05) is 37.6 Å². The molecule has 5 rings (SSSR count). The third-order valence-corrected chi connectivity index (χ3v) is 7.25. The molecule has 0 spiro atoms. The predicted molar refractivity (Wildman–Crippen MR) is 109 cm³/mol. The fraction of sp³-hybridized carbons (Fsp3) is 0.591. The van der Waals surface area contributed by atoms with Gasteiger partial charge < -0.3 is 10.2 Å². The summed E-state index contributed by atoms with van der Waals surface area (Å²) in [5, 5.41) is 7.35. The molecule has 31 heavy (non-hydrogen) atoms. The summed E-state index contributed by atoms with van der Waals surface area (Å²) in [7, 11) is 0. The van der Waals surface area contributed by atoms with Crippen molar-refractivity contribution >= 4 is 11.7 Å². The fourth-order valence-electron chi connectivity index (χ4n) is 4.90. The molecule has 3 aliphatic rings. The van der Waals surface area contributed by atoms with Gasteiger partial charge in [0.15, 0.2) is 11.7 Å². The second kappa shape index (κ2) is 7.24. The highest BCUT2D eigenvalue weighted by Gasteiger charge is 2.53. The Labute approximate surface area is 178 Å². The molecule has 1 saturated heterocycles. The Kier molecular flexibility index (Phi) is 4.75. The molecule has 6 nitrogen and oxygen atoms in total. The molecule has 9 heteroatoms. The number of hydrogen-bond acceptors (Lipinski definition) is 4. The number of carbonyl (C=O) groups is 1. The van der Waals surface area contributed by atoms with E-state index in [1.807, 2.05) is 19.1 Å². The molecule has 1 aliphatic carbocycles. The van der Waals surface area contributed by atoms with Gasteiger partial charge in [0.2, 0.25) is 0 Å². The molecule has 1 saturated carbocycles. The minimum Gasteiger partial charge on any atom is -0.367 e. The first-order valence-corrected chi connectivity index (χ1v) is 10.9. The van der Waals surface area contributed by atoms with E-state index in [4.69, 9.17) is 0 Å². The summed E-state index contributed by atoms with van der Waals surface area (Å²) in [6.45, 7) is 3.14. The molecule has 2 fully saturated rings. The first-order valence-electron chi connectivity index (χ1n) is 10.9. The molecule has 4 heterocycles. The van der Waals surface area contributed by atoms with E-state index < -0.39 is 12.2 Å². The van der Waals surface area contributed by atoms with Crippen LogP contribution in [0.25, 0.3) is 0 Å². The SMILES string of the molecule is CC1(C2CC(C(F)(F)F)n3nc(C(=O)N4CCC(c5ccncc5)CC4)cc3N2)CC1. The zero-order valence-corrected chi connectivity index (χ0v) is 17.4. The average molecular weight is 433 g/mol. The molecular weight excluding hydrogens is 407 g/mol. The van der Waals surface area contributed by atoms with Crippen molar-refractivity contribution in [2.75, 3.05) is 18.4 Å². The minimum atomic E-state index is -4.41. The van der Waals surface area contributed by atoms with Gasteiger partial charge in [-0.2, -0.15) is 18.3 Å². The smallest absolute Gasteiger partial charge is 0.367 e. The topological polar surface area (TPSA) is 63.1 Å². The van der Waals surface area contributed by atoms with Crippen molar-refractivity contribution in [2.45, 2.75) is 63.2 Å². The number of carbonyl (C=O) groups excluding carboxylic acids is 1. The number of nitrogens with one attached hydrogen (secondary N) is 1. The van der Waals surface area contributed by atoms with Gasteiger partial charge in [-0.05, 0) is 61.1 Å². The third-order valence-electron chi connectivity index (χ3n) is 7.25. The van der Waals surface area contributed by atoms with E-state index in [0.717, 1.165) is 30.4 Å². The molecular formula is C22H26F3N5O. The van der Waals surface area contributed by atoms with Crippen molar-refractivity contribution in [1.82, 2.24) is 19.7 Å². The summed E-state index contributed by atoms with van der Waals surface area (Å²) in [4.78, 5) is 18.8. The van der Waals surface area contributed by atoms with Crippen molar-refractivity contribution in [3.05, 3.63) is 41.9 Å². The highest BCUT2D eigenvalue weighted by Crippen LogP contribution is 2.54. The van der Waals surface area contributed by atoms with Crippen LogP contribution in [0, 0.1) is 5.41 Å². The van der Waals surface area contributed by atoms with Gasteiger partial charge in [0.1, 0.15) is 5.82 Å². The van der Waals surface area contributed by atoms with Crippen LogP contribution in [0.4, 0.5) is 19.0 Å². The number of aromatic nitrogens is 3. The maximum Gasteiger partial charge on any atom is 0.410 e. The molecule has 0 bridgehead atoms. The number of amides is 1. The number of likely N-dealkylation sites (tertiary alicyclic amines) is 1. The number of anilines is 1. The zero-order chi connectivity index (χ0) is 21.8. The first-order chi connectivity index (χ1) is 14.7. The van der Waals surface area contributed by atoms with Gasteiger partial charge in [-0.25, -0.2) is 4.68 Å². The lowest BCUT2D eigenvalue weighted by molar-refractivity contribution is -0.174. The maximum absolute atomic E-state index is 13.8. The molecule has 0 aromatic carbocycles. The molecule has 2 aromatic rings. The number of piperidine rings is 1. The Morgan fingerprint density at radius 3 is 2.48 bits per heavy atom. The monoisotopic (exact) mass is 433 g/mol. The van der Waals surface area contributed by atoms with E-state index in [-0.39, 0.29) is 29.5 Å². The highest BCUT2D eigenvalue weighted by atomic mass is 19.4. The minimum absolute atomic E-state index is 0.0559. The maximum atomic E-state index is 13.8. The second-order valence-electron chi connectivity index (χ2n) is 9.35. The number of alkyl halides is 3. The molecule has 1 N–H and O–H groups in total. The molecule has 2 aliphatic heterocycles. The van der Waals surface area contributed by atoms with Crippen LogP contribution < -0.4 is 5.32 Å². The van der Waals surface area contributed by atoms with Crippen molar-refractivity contribution < 1.29 is 18.0 Å². The largest absolute Gasteiger partial charge is 0.410 e. The normalized spacial score (nSPS) is 25.6. The number of rotatable bonds is 3. The predicted octanol–water partition coefficient (Wildman–Crippen LogP) is 4.39. The lowest BCUT2D eigenvalue weighted by atomic mass is 9.90. The standard InChI is InChI=1S/C22H26F3N5O/c1-21(6-7-21)17-13-18(22(23,24)25)30-19(27-17)12-16(28-30)20(31)29-10-4-15(5-11-29)14-2-8-26-9-3-14/h2-3,8-9,12,15,17-18,27H,4-7,10-11,13H2,1H3. The van der Waals surface area contributed by atoms with Crippen LogP contribution in [-0.4, -0.2) is 50.9 Å². The van der Waals surface area contributed by atoms with Crippen LogP contribution >= 0.6 is 0 Å². The van der Waals surface area contributed by atoms with E-state index in [1.54, 1.807) is 17.3 Å². The Balaban J connectivity index is 1.33. The Morgan fingerprint density at radius 2 is 1.87 bits per heavy atom. The van der Waals surface area contributed by atoms with Crippen LogP contribution in [0.3, 0.4) is 0 Å².